The number of aliphatic hydroxyl groups is 1. The van der Waals surface area contributed by atoms with Crippen LogP contribution in [0.1, 0.15) is 85.0 Å². The van der Waals surface area contributed by atoms with Crippen molar-refractivity contribution in [1.82, 2.24) is 4.90 Å². The third-order valence-corrected chi connectivity index (χ3v) is 10.3. The molecule has 4 nitrogen and oxygen atoms in total. The van der Waals surface area contributed by atoms with Crippen LogP contribution in [0.5, 0.6) is 0 Å². The van der Waals surface area contributed by atoms with Gasteiger partial charge in [0.15, 0.2) is 0 Å². The van der Waals surface area contributed by atoms with Gasteiger partial charge in [-0.1, -0.05) is 31.5 Å². The molecule has 32 heavy (non-hydrogen) atoms. The smallest absolute Gasteiger partial charge is 0.118 e. The first-order valence-electron chi connectivity index (χ1n) is 13.4. The van der Waals surface area contributed by atoms with Crippen molar-refractivity contribution in [2.75, 3.05) is 27.2 Å². The molecule has 1 unspecified atom stereocenters. The maximum atomic E-state index is 10.8. The zero-order valence-corrected chi connectivity index (χ0v) is 21.4. The standard InChI is InChI=1S/C28H48N2O2/c1-20(19-29-32-15-7-14-30(4)5)16-22-18-23(31)17-21-9-10-24-25-8-6-12-27(25,2)13-11-26(24)28(21,22)3/h16,19,21-26,31H,6-15,17-18H2,1-5H3/b20-16+,29-19+/t21-,22?,23-,24+,25+,26+,27+,28-/m1/s1. The van der Waals surface area contributed by atoms with E-state index >= 15 is 0 Å². The van der Waals surface area contributed by atoms with Gasteiger partial charge in [-0.25, -0.2) is 0 Å². The highest BCUT2D eigenvalue weighted by molar-refractivity contribution is 5.77. The molecule has 0 heterocycles. The van der Waals surface area contributed by atoms with Gasteiger partial charge in [-0.05, 0) is 125 Å². The summed E-state index contributed by atoms with van der Waals surface area (Å²) in [6.45, 7) is 9.03. The van der Waals surface area contributed by atoms with Crippen LogP contribution in [0.3, 0.4) is 0 Å². The minimum Gasteiger partial charge on any atom is -0.396 e. The van der Waals surface area contributed by atoms with Crippen LogP contribution in [0, 0.1) is 40.4 Å². The minimum atomic E-state index is -0.154. The molecule has 4 fully saturated rings. The Labute approximate surface area is 196 Å². The molecule has 0 amide bonds. The highest BCUT2D eigenvalue weighted by Crippen LogP contribution is 2.67. The zero-order chi connectivity index (χ0) is 22.9. The zero-order valence-electron chi connectivity index (χ0n) is 21.4. The summed E-state index contributed by atoms with van der Waals surface area (Å²) in [5.74, 6) is 3.76. The Morgan fingerprint density at radius 3 is 2.69 bits per heavy atom. The number of hydrogen-bond donors (Lipinski definition) is 1. The van der Waals surface area contributed by atoms with E-state index in [9.17, 15) is 5.11 Å². The van der Waals surface area contributed by atoms with E-state index in [4.69, 9.17) is 4.84 Å². The van der Waals surface area contributed by atoms with E-state index in [1.807, 2.05) is 6.21 Å². The number of nitrogens with zero attached hydrogens (tertiary/aromatic N) is 2. The molecule has 0 aromatic heterocycles. The van der Waals surface area contributed by atoms with E-state index in [0.717, 1.165) is 43.6 Å². The molecule has 4 aliphatic carbocycles. The molecular weight excluding hydrogens is 396 g/mol. The van der Waals surface area contributed by atoms with Crippen molar-refractivity contribution >= 4 is 6.21 Å². The lowest BCUT2D eigenvalue weighted by atomic mass is 9.42. The minimum absolute atomic E-state index is 0.154. The van der Waals surface area contributed by atoms with Crippen molar-refractivity contribution in [3.05, 3.63) is 11.6 Å². The SMILES string of the molecule is CC(/C=N/OCCCN(C)C)=C\C1C[C@H](O)C[C@H]2CC[C@H]3[C@@H]4CCC[C@@]4(C)CC[C@@H]3[C@@]12C. The highest BCUT2D eigenvalue weighted by atomic mass is 16.6. The maximum absolute atomic E-state index is 10.8. The summed E-state index contributed by atoms with van der Waals surface area (Å²) in [6, 6.07) is 0. The van der Waals surface area contributed by atoms with Gasteiger partial charge in [0, 0.05) is 6.54 Å². The third-order valence-electron chi connectivity index (χ3n) is 10.3. The van der Waals surface area contributed by atoms with Crippen molar-refractivity contribution < 1.29 is 9.94 Å². The van der Waals surface area contributed by atoms with Gasteiger partial charge in [0.1, 0.15) is 6.61 Å². The second-order valence-electron chi connectivity index (χ2n) is 12.5. The summed E-state index contributed by atoms with van der Waals surface area (Å²) in [7, 11) is 4.16. The summed E-state index contributed by atoms with van der Waals surface area (Å²) in [4.78, 5) is 7.66. The lowest BCUT2D eigenvalue weighted by Gasteiger charge is -2.62. The Balaban J connectivity index is 1.48. The van der Waals surface area contributed by atoms with Crippen LogP contribution in [0.15, 0.2) is 16.8 Å². The topological polar surface area (TPSA) is 45.1 Å². The predicted molar refractivity (Wildman–Crippen MR) is 133 cm³/mol. The van der Waals surface area contributed by atoms with Gasteiger partial charge in [-0.3, -0.25) is 0 Å². The van der Waals surface area contributed by atoms with Crippen LogP contribution in [0.2, 0.25) is 0 Å². The van der Waals surface area contributed by atoms with Crippen LogP contribution >= 0.6 is 0 Å². The first kappa shape index (κ1) is 24.3. The fourth-order valence-corrected chi connectivity index (χ4v) is 8.61. The van der Waals surface area contributed by atoms with Crippen LogP contribution in [0.4, 0.5) is 0 Å². The van der Waals surface area contributed by atoms with E-state index in [1.165, 1.54) is 50.5 Å². The summed E-state index contributed by atoms with van der Waals surface area (Å²) >= 11 is 0. The van der Waals surface area contributed by atoms with Gasteiger partial charge in [0.25, 0.3) is 0 Å². The molecule has 4 aliphatic rings. The largest absolute Gasteiger partial charge is 0.396 e. The van der Waals surface area contributed by atoms with E-state index in [-0.39, 0.29) is 6.10 Å². The predicted octanol–water partition coefficient (Wildman–Crippen LogP) is 5.91. The first-order valence-corrected chi connectivity index (χ1v) is 13.4. The van der Waals surface area contributed by atoms with Gasteiger partial charge in [-0.2, -0.15) is 0 Å². The van der Waals surface area contributed by atoms with E-state index < -0.39 is 0 Å². The fourth-order valence-electron chi connectivity index (χ4n) is 8.61. The number of oxime groups is 1. The fraction of sp³-hybridized carbons (Fsp3) is 0.893. The van der Waals surface area contributed by atoms with Crippen LogP contribution < -0.4 is 0 Å². The summed E-state index contributed by atoms with van der Waals surface area (Å²) < 4.78 is 0. The molecule has 182 valence electrons. The maximum Gasteiger partial charge on any atom is 0.118 e. The average Bonchev–Trinajstić information content (AvgIpc) is 3.13. The van der Waals surface area contributed by atoms with Gasteiger partial charge in [0.2, 0.25) is 0 Å². The van der Waals surface area contributed by atoms with Crippen molar-refractivity contribution in [2.45, 2.75) is 91.1 Å². The Morgan fingerprint density at radius 1 is 1.09 bits per heavy atom. The summed E-state index contributed by atoms with van der Waals surface area (Å²) in [5, 5.41) is 15.0. The molecule has 4 heteroatoms. The normalized spacial score (nSPS) is 44.4. The van der Waals surface area contributed by atoms with Gasteiger partial charge in [0.05, 0.1) is 12.3 Å². The Morgan fingerprint density at radius 2 is 1.91 bits per heavy atom. The lowest BCUT2D eigenvalue weighted by Crippen LogP contribution is -2.56. The van der Waals surface area contributed by atoms with Gasteiger partial charge >= 0.3 is 0 Å². The Kier molecular flexibility index (Phi) is 7.41. The first-order chi connectivity index (χ1) is 15.2. The van der Waals surface area contributed by atoms with Crippen LogP contribution in [-0.4, -0.2) is 49.6 Å². The van der Waals surface area contributed by atoms with Crippen LogP contribution in [-0.2, 0) is 4.84 Å². The molecule has 1 N–H and O–H groups in total. The number of rotatable bonds is 7. The molecule has 4 rings (SSSR count). The summed E-state index contributed by atoms with van der Waals surface area (Å²) in [6.07, 6.45) is 17.0. The highest BCUT2D eigenvalue weighted by Gasteiger charge is 2.60. The number of hydrogen-bond acceptors (Lipinski definition) is 4. The lowest BCUT2D eigenvalue weighted by molar-refractivity contribution is -0.141. The monoisotopic (exact) mass is 444 g/mol. The second-order valence-corrected chi connectivity index (χ2v) is 12.5. The molecule has 4 saturated carbocycles. The number of fused-ring (bicyclic) bond motifs is 5. The molecule has 0 aromatic rings. The second kappa shape index (κ2) is 9.78. The molecular formula is C28H48N2O2. The van der Waals surface area contributed by atoms with Gasteiger partial charge < -0.3 is 14.8 Å². The average molecular weight is 445 g/mol. The van der Waals surface area contributed by atoms with E-state index in [1.54, 1.807) is 0 Å². The van der Waals surface area contributed by atoms with Gasteiger partial charge in [-0.15, -0.1) is 0 Å². The summed E-state index contributed by atoms with van der Waals surface area (Å²) in [5.41, 5.74) is 2.10. The molecule has 0 spiro atoms. The third kappa shape index (κ3) is 4.69. The Hall–Kier alpha value is -0.870. The molecule has 0 saturated heterocycles. The van der Waals surface area contributed by atoms with Crippen molar-refractivity contribution in [2.24, 2.45) is 45.6 Å². The van der Waals surface area contributed by atoms with E-state index in [2.05, 4.69) is 51.0 Å². The molecule has 0 bridgehead atoms. The number of allylic oxidation sites excluding steroid dienone is 2. The van der Waals surface area contributed by atoms with E-state index in [0.29, 0.717) is 29.3 Å². The van der Waals surface area contributed by atoms with Crippen LogP contribution in [0.25, 0.3) is 0 Å². The molecule has 0 aliphatic heterocycles. The van der Waals surface area contributed by atoms with Crippen molar-refractivity contribution in [3.63, 3.8) is 0 Å². The number of aliphatic hydroxyl groups excluding tert-OH is 1. The molecule has 0 radical (unpaired) electrons. The van der Waals surface area contributed by atoms with Crippen molar-refractivity contribution in [3.8, 4) is 0 Å². The molecule has 8 atom stereocenters. The molecule has 0 aromatic carbocycles. The van der Waals surface area contributed by atoms with Crippen molar-refractivity contribution in [1.29, 1.82) is 0 Å². The Bertz CT molecular complexity index is 704. The quantitative estimate of drug-likeness (QED) is 0.302.